The molecule has 0 nitrogen and oxygen atoms in total. The molecule has 12 heteroatoms. The van der Waals surface area contributed by atoms with Gasteiger partial charge in [0.25, 0.3) is 0 Å². The van der Waals surface area contributed by atoms with Gasteiger partial charge >= 0.3 is 0 Å². The number of benzene rings is 10. The zero-order valence-corrected chi connectivity index (χ0v) is 54.6. The van der Waals surface area contributed by atoms with E-state index < -0.39 is 29.0 Å². The van der Waals surface area contributed by atoms with Gasteiger partial charge < -0.3 is 0 Å². The van der Waals surface area contributed by atoms with Gasteiger partial charge in [0.2, 0.25) is 0 Å². The predicted octanol–water partition coefficient (Wildman–Crippen LogP) is 20.1. The summed E-state index contributed by atoms with van der Waals surface area (Å²) in [5.41, 5.74) is 3.07. The lowest BCUT2D eigenvalue weighted by Gasteiger charge is -2.33. The van der Waals surface area contributed by atoms with E-state index in [1.165, 1.54) is 42.4 Å². The highest BCUT2D eigenvalue weighted by Crippen LogP contribution is 2.69. The van der Waals surface area contributed by atoms with Crippen molar-refractivity contribution in [3.05, 3.63) is 305 Å². The molecule has 0 radical (unpaired) electrons. The lowest BCUT2D eigenvalue weighted by atomic mass is 10.1. The van der Waals surface area contributed by atoms with Gasteiger partial charge in [0.05, 0.1) is 161 Å². The third kappa shape index (κ3) is 11.7. The van der Waals surface area contributed by atoms with Crippen LogP contribution in [0.4, 0.5) is 0 Å². The summed E-state index contributed by atoms with van der Waals surface area (Å²) < 4.78 is 0. The molecule has 0 amide bonds. The topological polar surface area (TPSA) is 0 Å². The maximum atomic E-state index is 7.92. The summed E-state index contributed by atoms with van der Waals surface area (Å²) >= 11 is 63.3. The van der Waals surface area contributed by atoms with Crippen LogP contribution in [0.3, 0.4) is 0 Å². The highest BCUT2D eigenvalue weighted by atomic mass is 35.5. The number of hydrogen-bond acceptors (Lipinski definition) is 0. The summed E-state index contributed by atoms with van der Waals surface area (Å²) in [6, 6.07) is 87.3. The minimum absolute atomic E-state index is 0.457. The van der Waals surface area contributed by atoms with Crippen LogP contribution in [0, 0.1) is 0 Å². The van der Waals surface area contributed by atoms with E-state index in [1.54, 1.807) is 0 Å². The van der Waals surface area contributed by atoms with Crippen molar-refractivity contribution in [2.75, 3.05) is 24.6 Å². The molecule has 0 saturated carbocycles. The lowest BCUT2D eigenvalue weighted by molar-refractivity contribution is 1.08. The smallest absolute Gasteiger partial charge is 0.0822 e. The van der Waals surface area contributed by atoms with Crippen LogP contribution < -0.4 is 42.4 Å². The fraction of sp³-hybridized carbons (Fsp3) is 0.143. The van der Waals surface area contributed by atoms with E-state index in [2.05, 4.69) is 243 Å². The summed E-state index contributed by atoms with van der Waals surface area (Å²) in [5.74, 6) is 0. The molecule has 10 aromatic rings. The van der Waals surface area contributed by atoms with Crippen molar-refractivity contribution >= 4 is 164 Å². The number of hydrogen-bond donors (Lipinski definition) is 0. The molecule has 0 atom stereocenters. The van der Waals surface area contributed by atoms with Crippen molar-refractivity contribution in [1.82, 2.24) is 0 Å². The first kappa shape index (κ1) is 59.9. The predicted molar refractivity (Wildman–Crippen MR) is 373 cm³/mol. The Kier molecular flexibility index (Phi) is 19.4. The minimum Gasteiger partial charge on any atom is -0.0822 e. The highest BCUT2D eigenvalue weighted by Gasteiger charge is 2.52. The van der Waals surface area contributed by atoms with Crippen LogP contribution in [0.25, 0.3) is 0 Å². The molecule has 0 unspecified atom stereocenters. The molecular formula is C70H60Cl8P4+4. The van der Waals surface area contributed by atoms with Crippen LogP contribution in [0.1, 0.15) is 35.1 Å². The Bertz CT molecular complexity index is 3070. The van der Waals surface area contributed by atoms with E-state index in [0.29, 0.717) is 64.8 Å². The standard InChI is InChI=1S/C70H60Cl8P4/c71-63-59-47-79(51-27-9-1-10-28-51,52-29-11-2-12-30-52)43-25-44-80(53-31-13-3-14-32-53,54-33-15-4-16-34-54)48-61-67(75)69(77)62(70(78)68(61)76)50-82(57-39-21-7-22-40-57,58-41-23-8-24-42-58)46-26-45-81(55-35-17-5-18-36-55,56-37-19-6-20-38-56)49-60(65(63)73)66(74)64(59)72/h1-24,27-42H,25-26,43-50H2/q+4. The van der Waals surface area contributed by atoms with Gasteiger partial charge in [-0.15, -0.1) is 0 Å². The van der Waals surface area contributed by atoms with Crippen molar-refractivity contribution < 1.29 is 0 Å². The second-order valence-electron chi connectivity index (χ2n) is 21.2. The average Bonchev–Trinajstić information content (AvgIpc) is 2.97. The third-order valence-corrected chi connectivity index (χ3v) is 38.5. The quantitative estimate of drug-likeness (QED) is 0.105. The summed E-state index contributed by atoms with van der Waals surface area (Å²) in [7, 11) is -9.94. The van der Waals surface area contributed by atoms with E-state index in [1.807, 2.05) is 0 Å². The van der Waals surface area contributed by atoms with Crippen molar-refractivity contribution in [2.24, 2.45) is 0 Å². The van der Waals surface area contributed by atoms with Crippen molar-refractivity contribution in [3.8, 4) is 0 Å². The second-order valence-corrected chi connectivity index (χ2v) is 39.2. The normalized spacial score (nSPS) is 16.2. The Morgan fingerprint density at radius 3 is 0.427 bits per heavy atom. The van der Waals surface area contributed by atoms with Gasteiger partial charge in [-0.25, -0.2) is 0 Å². The molecule has 4 aliphatic heterocycles. The molecule has 4 aliphatic rings. The summed E-state index contributed by atoms with van der Waals surface area (Å²) in [6.45, 7) is 0. The van der Waals surface area contributed by atoms with Gasteiger partial charge in [-0.3, -0.25) is 0 Å². The van der Waals surface area contributed by atoms with Gasteiger partial charge in [-0.05, 0) is 97.1 Å². The summed E-state index contributed by atoms with van der Waals surface area (Å²) in [4.78, 5) is 0. The van der Waals surface area contributed by atoms with E-state index in [4.69, 9.17) is 92.8 Å². The maximum absolute atomic E-state index is 7.92. The molecule has 0 spiro atoms. The van der Waals surface area contributed by atoms with Crippen molar-refractivity contribution in [2.45, 2.75) is 37.5 Å². The van der Waals surface area contributed by atoms with E-state index in [-0.39, 0.29) is 0 Å². The maximum Gasteiger partial charge on any atom is 0.0995 e. The molecule has 0 fully saturated rings. The van der Waals surface area contributed by atoms with E-state index >= 15 is 0 Å². The van der Waals surface area contributed by atoms with Crippen LogP contribution in [0.5, 0.6) is 0 Å². The Hall–Kier alpha value is -3.76. The SMILES string of the molecule is Clc1c(Cl)c2c(Cl)c(Cl)c1C[P+](c1ccccc1)(c1ccccc1)CCC[P+](c1ccccc1)(c1ccccc1)Cc1c(Cl)c(Cl)c(c(Cl)c1Cl)C[P+](c1ccccc1)(c1ccccc1)CCC[P+](c1ccccc1)(c1ccccc1)C2. The molecule has 0 aromatic heterocycles. The minimum atomic E-state index is -2.48. The first-order valence-electron chi connectivity index (χ1n) is 27.5. The lowest BCUT2D eigenvalue weighted by Crippen LogP contribution is -2.31. The van der Waals surface area contributed by atoms with Gasteiger partial charge in [-0.2, -0.15) is 0 Å². The molecule has 14 rings (SSSR count). The Morgan fingerprint density at radius 1 is 0.183 bits per heavy atom. The molecule has 412 valence electrons. The first-order valence-corrected chi connectivity index (χ1v) is 39.2. The molecule has 4 bridgehead atoms. The fourth-order valence-electron chi connectivity index (χ4n) is 12.7. The van der Waals surface area contributed by atoms with Crippen molar-refractivity contribution in [3.63, 3.8) is 0 Å². The molecule has 82 heavy (non-hydrogen) atoms. The molecule has 10 aromatic carbocycles. The zero-order chi connectivity index (χ0) is 56.9. The first-order chi connectivity index (χ1) is 39.9. The zero-order valence-electron chi connectivity index (χ0n) is 45.0. The van der Waals surface area contributed by atoms with E-state index in [0.717, 1.165) is 59.7 Å². The van der Waals surface area contributed by atoms with Gasteiger partial charge in [0, 0.05) is 35.1 Å². The van der Waals surface area contributed by atoms with Crippen LogP contribution >= 0.6 is 122 Å². The Morgan fingerprint density at radius 2 is 0.305 bits per heavy atom. The van der Waals surface area contributed by atoms with Gasteiger partial charge in [-0.1, -0.05) is 238 Å². The Balaban J connectivity index is 1.20. The molecule has 4 heterocycles. The average molecular weight is 1310 g/mol. The monoisotopic (exact) mass is 1300 g/mol. The molecule has 0 aliphatic carbocycles. The third-order valence-electron chi connectivity index (χ3n) is 16.8. The second kappa shape index (κ2) is 26.5. The molecule has 0 N–H and O–H groups in total. The van der Waals surface area contributed by atoms with Crippen molar-refractivity contribution in [1.29, 1.82) is 0 Å². The summed E-state index contributed by atoms with van der Waals surface area (Å²) in [6.07, 6.45) is 7.04. The van der Waals surface area contributed by atoms with E-state index in [9.17, 15) is 0 Å². The number of halogens is 8. The van der Waals surface area contributed by atoms with Crippen LogP contribution in [-0.2, 0) is 24.6 Å². The Labute approximate surface area is 526 Å². The fourth-order valence-corrected chi connectivity index (χ4v) is 33.8. The van der Waals surface area contributed by atoms with Crippen LogP contribution in [0.15, 0.2) is 243 Å². The van der Waals surface area contributed by atoms with Crippen LogP contribution in [0.2, 0.25) is 40.2 Å². The highest BCUT2D eigenvalue weighted by molar-refractivity contribution is 7.90. The van der Waals surface area contributed by atoms with Gasteiger partial charge in [0.15, 0.2) is 0 Å². The number of rotatable bonds is 8. The van der Waals surface area contributed by atoms with Gasteiger partial charge in [0.1, 0.15) is 0 Å². The molecular weight excluding hydrogens is 1250 g/mol. The molecule has 0 saturated heterocycles. The summed E-state index contributed by atoms with van der Waals surface area (Å²) in [5, 5.41) is 13.6. The largest absolute Gasteiger partial charge is 0.0995 e. The van der Waals surface area contributed by atoms with Crippen LogP contribution in [-0.4, -0.2) is 24.6 Å².